The largest absolute Gasteiger partial charge is 0.350 e. The Kier molecular flexibility index (Phi) is 6.63. The molecule has 7 heteroatoms. The first-order valence-corrected chi connectivity index (χ1v) is 11.1. The van der Waals surface area contributed by atoms with Crippen molar-refractivity contribution in [1.29, 1.82) is 0 Å². The second-order valence-corrected chi connectivity index (χ2v) is 8.35. The molecule has 0 saturated heterocycles. The molecule has 1 aliphatic rings. The molecule has 0 bridgehead atoms. The van der Waals surface area contributed by atoms with Gasteiger partial charge >= 0.3 is 0 Å². The summed E-state index contributed by atoms with van der Waals surface area (Å²) in [4.78, 5) is 38.4. The smallest absolute Gasteiger partial charge is 0.277 e. The molecular weight excluding hydrogens is 404 g/mol. The first-order chi connectivity index (χ1) is 15.5. The molecule has 0 spiro atoms. The van der Waals surface area contributed by atoms with Crippen LogP contribution in [0.15, 0.2) is 59.4 Å². The van der Waals surface area contributed by atoms with Crippen molar-refractivity contribution < 1.29 is 9.59 Å². The van der Waals surface area contributed by atoms with E-state index in [9.17, 15) is 14.4 Å². The van der Waals surface area contributed by atoms with Crippen molar-refractivity contribution in [3.63, 3.8) is 0 Å². The van der Waals surface area contributed by atoms with Gasteiger partial charge in [0.1, 0.15) is 0 Å². The lowest BCUT2D eigenvalue weighted by Crippen LogP contribution is -2.50. The summed E-state index contributed by atoms with van der Waals surface area (Å²) in [6.45, 7) is 1.33. The van der Waals surface area contributed by atoms with E-state index in [1.165, 1.54) is 6.92 Å². The predicted molar refractivity (Wildman–Crippen MR) is 123 cm³/mol. The van der Waals surface area contributed by atoms with Crippen LogP contribution in [0.25, 0.3) is 10.8 Å². The molecule has 1 atom stereocenters. The summed E-state index contributed by atoms with van der Waals surface area (Å²) in [5.41, 5.74) is 1.31. The summed E-state index contributed by atoms with van der Waals surface area (Å²) in [6.07, 6.45) is 4.38. The average molecular weight is 433 g/mol. The third-order valence-electron chi connectivity index (χ3n) is 5.90. The molecular formula is C25H28N4O3. The Hall–Kier alpha value is -3.48. The molecule has 4 rings (SSSR count). The van der Waals surface area contributed by atoms with Gasteiger partial charge in [0.25, 0.3) is 11.5 Å². The third kappa shape index (κ3) is 4.88. The van der Waals surface area contributed by atoms with Crippen LogP contribution >= 0.6 is 0 Å². The Morgan fingerprint density at radius 1 is 1.00 bits per heavy atom. The number of aromatic nitrogens is 2. The Bertz CT molecular complexity index is 1170. The Morgan fingerprint density at radius 2 is 1.66 bits per heavy atom. The summed E-state index contributed by atoms with van der Waals surface area (Å²) in [5, 5.41) is 11.4. The summed E-state index contributed by atoms with van der Waals surface area (Å²) >= 11 is 0. The molecule has 1 fully saturated rings. The Morgan fingerprint density at radius 3 is 2.34 bits per heavy atom. The molecule has 0 radical (unpaired) electrons. The fourth-order valence-electron chi connectivity index (χ4n) is 4.33. The Labute approximate surface area is 186 Å². The molecule has 1 heterocycles. The maximum atomic E-state index is 13.3. The number of hydrogen-bond acceptors (Lipinski definition) is 4. The van der Waals surface area contributed by atoms with Gasteiger partial charge in [-0.15, -0.1) is 0 Å². The molecule has 1 unspecified atom stereocenters. The van der Waals surface area contributed by atoms with Gasteiger partial charge in [-0.1, -0.05) is 67.8 Å². The molecule has 2 amide bonds. The molecule has 3 aromatic rings. The van der Waals surface area contributed by atoms with Gasteiger partial charge in [-0.05, 0) is 24.5 Å². The molecule has 166 valence electrons. The van der Waals surface area contributed by atoms with E-state index < -0.39 is 23.5 Å². The first-order valence-electron chi connectivity index (χ1n) is 11.1. The van der Waals surface area contributed by atoms with Gasteiger partial charge in [-0.25, -0.2) is 0 Å². The molecule has 32 heavy (non-hydrogen) atoms. The summed E-state index contributed by atoms with van der Waals surface area (Å²) in [7, 11) is 0. The van der Waals surface area contributed by atoms with Gasteiger partial charge in [0.2, 0.25) is 12.1 Å². The van der Waals surface area contributed by atoms with Gasteiger partial charge in [0.15, 0.2) is 0 Å². The van der Waals surface area contributed by atoms with Crippen molar-refractivity contribution in [1.82, 2.24) is 20.4 Å². The standard InChI is InChI=1S/C25H28N4O3/c1-17(30)26-23(24(31)27-19-12-6-3-7-13-19)29-25(32)21-15-9-8-14-20(21)22(28-29)16-18-10-4-2-5-11-18/h2,4-5,8-11,14-15,19,23H,3,6-7,12-13,16H2,1H3,(H,26,30)(H,27,31). The second-order valence-electron chi connectivity index (χ2n) is 8.35. The summed E-state index contributed by atoms with van der Waals surface area (Å²) < 4.78 is 1.13. The minimum atomic E-state index is -1.21. The fraction of sp³-hybridized carbons (Fsp3) is 0.360. The van der Waals surface area contributed by atoms with Crippen LogP contribution in [-0.2, 0) is 16.0 Å². The van der Waals surface area contributed by atoms with Gasteiger partial charge in [0.05, 0.1) is 11.1 Å². The van der Waals surface area contributed by atoms with E-state index in [2.05, 4.69) is 15.7 Å². The van der Waals surface area contributed by atoms with Crippen LogP contribution in [0.3, 0.4) is 0 Å². The van der Waals surface area contributed by atoms with E-state index in [-0.39, 0.29) is 6.04 Å². The molecule has 1 aromatic heterocycles. The minimum Gasteiger partial charge on any atom is -0.350 e. The minimum absolute atomic E-state index is 0.0486. The number of benzene rings is 2. The monoisotopic (exact) mass is 432 g/mol. The zero-order valence-corrected chi connectivity index (χ0v) is 18.2. The highest BCUT2D eigenvalue weighted by atomic mass is 16.2. The van der Waals surface area contributed by atoms with E-state index in [4.69, 9.17) is 0 Å². The topological polar surface area (TPSA) is 93.1 Å². The highest BCUT2D eigenvalue weighted by molar-refractivity contribution is 5.87. The number of nitrogens with one attached hydrogen (secondary N) is 2. The normalized spacial score (nSPS) is 15.3. The van der Waals surface area contributed by atoms with Gasteiger partial charge in [-0.3, -0.25) is 14.4 Å². The van der Waals surface area contributed by atoms with Crippen LogP contribution in [0.5, 0.6) is 0 Å². The fourth-order valence-corrected chi connectivity index (χ4v) is 4.33. The summed E-state index contributed by atoms with van der Waals surface area (Å²) in [6, 6.07) is 17.1. The quantitative estimate of drug-likeness (QED) is 0.626. The lowest BCUT2D eigenvalue weighted by molar-refractivity contribution is -0.131. The van der Waals surface area contributed by atoms with Gasteiger partial charge in [0, 0.05) is 24.8 Å². The van der Waals surface area contributed by atoms with Crippen LogP contribution in [0.4, 0.5) is 0 Å². The third-order valence-corrected chi connectivity index (χ3v) is 5.90. The number of nitrogens with zero attached hydrogens (tertiary/aromatic N) is 2. The van der Waals surface area contributed by atoms with Crippen LogP contribution in [0.2, 0.25) is 0 Å². The molecule has 2 aromatic carbocycles. The average Bonchev–Trinajstić information content (AvgIpc) is 2.81. The first kappa shape index (κ1) is 21.7. The van der Waals surface area contributed by atoms with Crippen molar-refractivity contribution in [3.05, 3.63) is 76.2 Å². The maximum absolute atomic E-state index is 13.3. The molecule has 2 N–H and O–H groups in total. The lowest BCUT2D eigenvalue weighted by Gasteiger charge is -2.26. The van der Waals surface area contributed by atoms with E-state index >= 15 is 0 Å². The number of hydrogen-bond donors (Lipinski definition) is 2. The van der Waals surface area contributed by atoms with Crippen LogP contribution in [0, 0.1) is 0 Å². The Balaban J connectivity index is 1.76. The van der Waals surface area contributed by atoms with Crippen LogP contribution in [0.1, 0.15) is 56.5 Å². The van der Waals surface area contributed by atoms with Gasteiger partial charge in [-0.2, -0.15) is 9.78 Å². The highest BCUT2D eigenvalue weighted by Gasteiger charge is 2.28. The lowest BCUT2D eigenvalue weighted by atomic mass is 9.95. The van der Waals surface area contributed by atoms with Crippen molar-refractivity contribution in [2.45, 2.75) is 57.7 Å². The number of fused-ring (bicyclic) bond motifs is 1. The van der Waals surface area contributed by atoms with Gasteiger partial charge < -0.3 is 10.6 Å². The van der Waals surface area contributed by atoms with Crippen molar-refractivity contribution >= 4 is 22.6 Å². The maximum Gasteiger partial charge on any atom is 0.277 e. The number of rotatable bonds is 6. The zero-order valence-electron chi connectivity index (χ0n) is 18.2. The van der Waals surface area contributed by atoms with E-state index in [1.807, 2.05) is 42.5 Å². The van der Waals surface area contributed by atoms with E-state index in [0.29, 0.717) is 17.5 Å². The molecule has 1 aliphatic carbocycles. The molecule has 1 saturated carbocycles. The molecule has 7 nitrogen and oxygen atoms in total. The number of carbonyl (C=O) groups excluding carboxylic acids is 2. The molecule has 0 aliphatic heterocycles. The van der Waals surface area contributed by atoms with Crippen LogP contribution < -0.4 is 16.2 Å². The van der Waals surface area contributed by atoms with Crippen molar-refractivity contribution in [2.24, 2.45) is 0 Å². The van der Waals surface area contributed by atoms with E-state index in [0.717, 1.165) is 47.7 Å². The van der Waals surface area contributed by atoms with Crippen molar-refractivity contribution in [3.8, 4) is 0 Å². The highest BCUT2D eigenvalue weighted by Crippen LogP contribution is 2.20. The number of amides is 2. The second kappa shape index (κ2) is 9.77. The zero-order chi connectivity index (χ0) is 22.5. The number of carbonyl (C=O) groups is 2. The van der Waals surface area contributed by atoms with Crippen molar-refractivity contribution in [2.75, 3.05) is 0 Å². The summed E-state index contributed by atoms with van der Waals surface area (Å²) in [5.74, 6) is -0.817. The van der Waals surface area contributed by atoms with Crippen LogP contribution in [-0.4, -0.2) is 27.6 Å². The predicted octanol–water partition coefficient (Wildman–Crippen LogP) is 3.07. The SMILES string of the molecule is CC(=O)NC(C(=O)NC1CCCCC1)n1nc(Cc2ccccc2)c2ccccc2c1=O. The van der Waals surface area contributed by atoms with E-state index in [1.54, 1.807) is 12.1 Å².